The van der Waals surface area contributed by atoms with E-state index in [1.807, 2.05) is 50.2 Å². The smallest absolute Gasteiger partial charge is 0.310 e. The van der Waals surface area contributed by atoms with Crippen LogP contribution in [-0.4, -0.2) is 41.8 Å². The van der Waals surface area contributed by atoms with E-state index in [1.54, 1.807) is 12.1 Å². The topological polar surface area (TPSA) is 104 Å². The van der Waals surface area contributed by atoms with E-state index in [-0.39, 0.29) is 34.2 Å². The lowest BCUT2D eigenvalue weighted by atomic mass is 9.81. The molecule has 1 unspecified atom stereocenters. The van der Waals surface area contributed by atoms with Crippen LogP contribution in [0, 0.1) is 0 Å². The van der Waals surface area contributed by atoms with Gasteiger partial charge in [0.1, 0.15) is 17.6 Å². The summed E-state index contributed by atoms with van der Waals surface area (Å²) in [4.78, 5) is 41.0. The van der Waals surface area contributed by atoms with Gasteiger partial charge in [-0.1, -0.05) is 49.7 Å². The lowest BCUT2D eigenvalue weighted by molar-refractivity contribution is -0.149. The number of phenols is 2. The van der Waals surface area contributed by atoms with Crippen molar-refractivity contribution in [1.82, 2.24) is 0 Å². The molecule has 7 nitrogen and oxygen atoms in total. The van der Waals surface area contributed by atoms with E-state index in [9.17, 15) is 24.6 Å². The predicted octanol–water partition coefficient (Wildman–Crippen LogP) is 4.96. The molecule has 0 heterocycles. The van der Waals surface area contributed by atoms with Crippen molar-refractivity contribution in [2.45, 2.75) is 38.7 Å². The first-order chi connectivity index (χ1) is 17.2. The molecule has 0 saturated carbocycles. The molecule has 4 rings (SSSR count). The number of ketones is 2. The number of hydrogen-bond acceptors (Lipinski definition) is 7. The van der Waals surface area contributed by atoms with Crippen molar-refractivity contribution in [2.24, 2.45) is 0 Å². The fourth-order valence-electron chi connectivity index (χ4n) is 4.47. The Morgan fingerprint density at radius 2 is 1.56 bits per heavy atom. The number of nitrogens with zero attached hydrogens (tertiary/aromatic N) is 1. The SMILES string of the molecule is CCCCC(OC(=O)Cc1ccc(N(C)C)cc1)c1cc(O)c2c(c1O)C(=O)c1ccccc1C2=O. The van der Waals surface area contributed by atoms with Crippen molar-refractivity contribution in [3.8, 4) is 11.5 Å². The molecular formula is C29H29NO6. The van der Waals surface area contributed by atoms with Crippen molar-refractivity contribution in [1.29, 1.82) is 0 Å². The lowest BCUT2D eigenvalue weighted by Crippen LogP contribution is -2.22. The van der Waals surface area contributed by atoms with Gasteiger partial charge in [-0.25, -0.2) is 0 Å². The number of benzene rings is 3. The Bertz CT molecular complexity index is 1330. The van der Waals surface area contributed by atoms with Crippen LogP contribution in [0.5, 0.6) is 11.5 Å². The van der Waals surface area contributed by atoms with Crippen LogP contribution in [0.15, 0.2) is 54.6 Å². The minimum absolute atomic E-state index is 0.0266. The highest BCUT2D eigenvalue weighted by Gasteiger charge is 2.37. The van der Waals surface area contributed by atoms with Gasteiger partial charge in [0.15, 0.2) is 11.6 Å². The Morgan fingerprint density at radius 1 is 0.944 bits per heavy atom. The lowest BCUT2D eigenvalue weighted by Gasteiger charge is -2.24. The molecule has 0 amide bonds. The van der Waals surface area contributed by atoms with Crippen molar-refractivity contribution >= 4 is 23.2 Å². The maximum atomic E-state index is 13.2. The van der Waals surface area contributed by atoms with E-state index in [2.05, 4.69) is 0 Å². The number of fused-ring (bicyclic) bond motifs is 2. The number of aromatic hydroxyl groups is 2. The number of esters is 1. The molecule has 36 heavy (non-hydrogen) atoms. The number of hydrogen-bond donors (Lipinski definition) is 2. The van der Waals surface area contributed by atoms with Gasteiger partial charge in [0.25, 0.3) is 0 Å². The van der Waals surface area contributed by atoms with E-state index in [0.717, 1.165) is 17.7 Å². The molecule has 0 radical (unpaired) electrons. The van der Waals surface area contributed by atoms with Crippen LogP contribution >= 0.6 is 0 Å². The zero-order chi connectivity index (χ0) is 26.0. The molecule has 1 atom stereocenters. The number of carbonyl (C=O) groups excluding carboxylic acids is 3. The predicted molar refractivity (Wildman–Crippen MR) is 136 cm³/mol. The van der Waals surface area contributed by atoms with Gasteiger partial charge in [-0.3, -0.25) is 14.4 Å². The quantitative estimate of drug-likeness (QED) is 0.267. The fraction of sp³-hybridized carbons (Fsp3) is 0.276. The molecular weight excluding hydrogens is 458 g/mol. The van der Waals surface area contributed by atoms with Crippen molar-refractivity contribution in [3.05, 3.63) is 88.0 Å². The normalized spacial score (nSPS) is 13.1. The summed E-state index contributed by atoms with van der Waals surface area (Å²) in [5.74, 6) is -2.47. The van der Waals surface area contributed by atoms with Crippen LogP contribution in [0.4, 0.5) is 5.69 Å². The summed E-state index contributed by atoms with van der Waals surface area (Å²) in [6.07, 6.45) is 1.01. The molecule has 3 aromatic carbocycles. The highest BCUT2D eigenvalue weighted by Crippen LogP contribution is 2.43. The molecule has 0 fully saturated rings. The summed E-state index contributed by atoms with van der Waals surface area (Å²) in [6, 6.07) is 15.0. The van der Waals surface area contributed by atoms with Crippen LogP contribution in [0.25, 0.3) is 0 Å². The first-order valence-electron chi connectivity index (χ1n) is 12.0. The summed E-state index contributed by atoms with van der Waals surface area (Å²) in [7, 11) is 3.86. The average Bonchev–Trinajstić information content (AvgIpc) is 2.86. The third-order valence-electron chi connectivity index (χ3n) is 6.42. The molecule has 2 N–H and O–H groups in total. The van der Waals surface area contributed by atoms with E-state index >= 15 is 0 Å². The van der Waals surface area contributed by atoms with E-state index in [1.165, 1.54) is 18.2 Å². The van der Waals surface area contributed by atoms with Crippen LogP contribution in [0.3, 0.4) is 0 Å². The maximum absolute atomic E-state index is 13.2. The molecule has 186 valence electrons. The van der Waals surface area contributed by atoms with Crippen molar-refractivity contribution in [2.75, 3.05) is 19.0 Å². The number of carbonyl (C=O) groups is 3. The summed E-state index contributed by atoms with van der Waals surface area (Å²) in [6.45, 7) is 1.98. The number of ether oxygens (including phenoxy) is 1. The Morgan fingerprint density at radius 3 is 2.14 bits per heavy atom. The van der Waals surface area contributed by atoms with Gasteiger partial charge in [-0.15, -0.1) is 0 Å². The highest BCUT2D eigenvalue weighted by atomic mass is 16.5. The van der Waals surface area contributed by atoms with Gasteiger partial charge in [0.2, 0.25) is 0 Å². The maximum Gasteiger partial charge on any atom is 0.310 e. The van der Waals surface area contributed by atoms with Gasteiger partial charge in [0.05, 0.1) is 17.5 Å². The summed E-state index contributed by atoms with van der Waals surface area (Å²) >= 11 is 0. The molecule has 0 bridgehead atoms. The largest absolute Gasteiger partial charge is 0.507 e. The molecule has 1 aliphatic rings. The van der Waals surface area contributed by atoms with Gasteiger partial charge < -0.3 is 19.8 Å². The van der Waals surface area contributed by atoms with Gasteiger partial charge in [-0.05, 0) is 36.6 Å². The second-order valence-electron chi connectivity index (χ2n) is 9.15. The van der Waals surface area contributed by atoms with Crippen LogP contribution in [-0.2, 0) is 16.0 Å². The van der Waals surface area contributed by atoms with Gasteiger partial charge >= 0.3 is 5.97 Å². The van der Waals surface area contributed by atoms with E-state index < -0.39 is 35.1 Å². The monoisotopic (exact) mass is 487 g/mol. The number of phenolic OH excluding ortho intramolecular Hbond substituents is 2. The second-order valence-corrected chi connectivity index (χ2v) is 9.15. The molecule has 0 aliphatic heterocycles. The van der Waals surface area contributed by atoms with Crippen LogP contribution < -0.4 is 4.90 Å². The number of anilines is 1. The molecule has 0 saturated heterocycles. The average molecular weight is 488 g/mol. The molecule has 7 heteroatoms. The Balaban J connectivity index is 1.66. The van der Waals surface area contributed by atoms with Crippen LogP contribution in [0.1, 0.15) is 75.3 Å². The van der Waals surface area contributed by atoms with Gasteiger partial charge in [-0.2, -0.15) is 0 Å². The first kappa shape index (κ1) is 25.0. The van der Waals surface area contributed by atoms with Gasteiger partial charge in [0, 0.05) is 36.5 Å². The number of rotatable bonds is 8. The van der Waals surface area contributed by atoms with E-state index in [4.69, 9.17) is 4.74 Å². The molecule has 1 aliphatic carbocycles. The van der Waals surface area contributed by atoms with Crippen molar-refractivity contribution in [3.63, 3.8) is 0 Å². The summed E-state index contributed by atoms with van der Waals surface area (Å²) < 4.78 is 5.76. The van der Waals surface area contributed by atoms with E-state index in [0.29, 0.717) is 12.8 Å². The molecule has 0 spiro atoms. The standard InChI is InChI=1S/C29H29NO6/c1-4-5-10-23(36-24(32)15-17-11-13-18(14-12-17)30(2)3)21-16-22(31)25-26(29(21)35)28(34)20-9-7-6-8-19(20)27(25)33/h6-9,11-14,16,23,31,35H,4-5,10,15H2,1-3H3. The summed E-state index contributed by atoms with van der Waals surface area (Å²) in [5, 5.41) is 21.9. The zero-order valence-corrected chi connectivity index (χ0v) is 20.6. The fourth-order valence-corrected chi connectivity index (χ4v) is 4.47. The second kappa shape index (κ2) is 10.2. The zero-order valence-electron chi connectivity index (χ0n) is 20.6. The summed E-state index contributed by atoms with van der Waals surface area (Å²) in [5.41, 5.74) is 1.72. The first-order valence-corrected chi connectivity index (χ1v) is 12.0. The molecule has 3 aromatic rings. The Kier molecular flexibility index (Phi) is 7.10. The highest BCUT2D eigenvalue weighted by molar-refractivity contribution is 6.30. The van der Waals surface area contributed by atoms with Crippen LogP contribution in [0.2, 0.25) is 0 Å². The minimum atomic E-state index is -0.894. The third kappa shape index (κ3) is 4.69. The minimum Gasteiger partial charge on any atom is -0.507 e. The molecule has 0 aromatic heterocycles. The van der Waals surface area contributed by atoms with Crippen molar-refractivity contribution < 1.29 is 29.3 Å². The third-order valence-corrected chi connectivity index (χ3v) is 6.42. The Labute approximate surface area is 210 Å². The number of unbranched alkanes of at least 4 members (excludes halogenated alkanes) is 1. The Hall–Kier alpha value is -4.13.